The molecule has 0 aromatic heterocycles. The summed E-state index contributed by atoms with van der Waals surface area (Å²) in [6.07, 6.45) is 3.49. The Kier molecular flexibility index (Phi) is 3.94. The predicted octanol–water partition coefficient (Wildman–Crippen LogP) is 4.31. The van der Waals surface area contributed by atoms with Crippen LogP contribution in [-0.4, -0.2) is 0 Å². The summed E-state index contributed by atoms with van der Waals surface area (Å²) in [6.45, 7) is 8.52. The van der Waals surface area contributed by atoms with E-state index in [4.69, 9.17) is 0 Å². The van der Waals surface area contributed by atoms with Crippen molar-refractivity contribution in [3.8, 4) is 0 Å². The normalized spacial score (nSPS) is 13.1. The van der Waals surface area contributed by atoms with Crippen molar-refractivity contribution < 1.29 is 0 Å². The van der Waals surface area contributed by atoms with Crippen molar-refractivity contribution in [2.75, 3.05) is 0 Å². The highest BCUT2D eigenvalue weighted by atomic mass is 14.2. The van der Waals surface area contributed by atoms with Gasteiger partial charge in [-0.25, -0.2) is 0 Å². The topological polar surface area (TPSA) is 0 Å². The number of benzene rings is 1. The Bertz CT molecular complexity index is 319. The lowest BCUT2D eigenvalue weighted by atomic mass is 10.0. The first-order valence-electron chi connectivity index (χ1n) is 5.56. The first-order chi connectivity index (χ1) is 6.77. The maximum atomic E-state index is 2.33. The van der Waals surface area contributed by atoms with E-state index in [0.29, 0.717) is 5.92 Å². The van der Waals surface area contributed by atoms with Crippen molar-refractivity contribution in [1.82, 2.24) is 0 Å². The first kappa shape index (κ1) is 11.0. The Labute approximate surface area is 87.7 Å². The zero-order chi connectivity index (χ0) is 10.6. The third-order valence-electron chi connectivity index (χ3n) is 2.53. The van der Waals surface area contributed by atoms with Gasteiger partial charge in [0.05, 0.1) is 0 Å². The van der Waals surface area contributed by atoms with Crippen LogP contribution in [0.3, 0.4) is 0 Å². The Morgan fingerprint density at radius 1 is 1.07 bits per heavy atom. The molecular formula is C14H20. The maximum absolute atomic E-state index is 2.33. The van der Waals surface area contributed by atoms with Crippen molar-refractivity contribution in [2.24, 2.45) is 5.92 Å². The molecule has 0 fully saturated rings. The van der Waals surface area contributed by atoms with Crippen molar-refractivity contribution in [2.45, 2.75) is 34.1 Å². The van der Waals surface area contributed by atoms with E-state index in [-0.39, 0.29) is 0 Å². The largest absolute Gasteiger partial charge is 0.0683 e. The molecule has 1 aromatic carbocycles. The predicted molar refractivity (Wildman–Crippen MR) is 64.3 cm³/mol. The fourth-order valence-corrected chi connectivity index (χ4v) is 1.68. The van der Waals surface area contributed by atoms with E-state index < -0.39 is 0 Å². The van der Waals surface area contributed by atoms with Crippen LogP contribution < -0.4 is 0 Å². The van der Waals surface area contributed by atoms with Gasteiger partial charge in [0.1, 0.15) is 0 Å². The van der Waals surface area contributed by atoms with Gasteiger partial charge in [0.15, 0.2) is 0 Å². The van der Waals surface area contributed by atoms with E-state index in [1.54, 1.807) is 5.57 Å². The molecule has 0 amide bonds. The van der Waals surface area contributed by atoms with Gasteiger partial charge in [-0.2, -0.15) is 0 Å². The summed E-state index contributed by atoms with van der Waals surface area (Å²) in [6, 6.07) is 8.65. The molecule has 0 heteroatoms. The summed E-state index contributed by atoms with van der Waals surface area (Å²) in [5.41, 5.74) is 4.47. The fourth-order valence-electron chi connectivity index (χ4n) is 1.68. The number of rotatable bonds is 1. The van der Waals surface area contributed by atoms with Gasteiger partial charge in [0.25, 0.3) is 0 Å². The molecule has 2 rings (SSSR count). The van der Waals surface area contributed by atoms with Gasteiger partial charge in [-0.1, -0.05) is 63.6 Å². The fraction of sp³-hybridized carbons (Fsp3) is 0.429. The van der Waals surface area contributed by atoms with Gasteiger partial charge < -0.3 is 0 Å². The molecule has 0 atom stereocenters. The third kappa shape index (κ3) is 2.25. The van der Waals surface area contributed by atoms with Crippen molar-refractivity contribution >= 4 is 6.08 Å². The molecule has 0 N–H and O–H groups in total. The summed E-state index contributed by atoms with van der Waals surface area (Å²) in [4.78, 5) is 0. The molecule has 14 heavy (non-hydrogen) atoms. The Balaban J connectivity index is 0.000000461. The van der Waals surface area contributed by atoms with Crippen LogP contribution in [0.5, 0.6) is 0 Å². The summed E-state index contributed by atoms with van der Waals surface area (Å²) in [7, 11) is 0. The van der Waals surface area contributed by atoms with E-state index in [2.05, 4.69) is 44.2 Å². The minimum absolute atomic E-state index is 0.692. The molecule has 0 saturated heterocycles. The van der Waals surface area contributed by atoms with E-state index in [1.165, 1.54) is 11.1 Å². The van der Waals surface area contributed by atoms with Gasteiger partial charge in [0, 0.05) is 0 Å². The molecule has 0 nitrogen and oxygen atoms in total. The molecule has 0 bridgehead atoms. The number of hydrogen-bond donors (Lipinski definition) is 0. The summed E-state index contributed by atoms with van der Waals surface area (Å²) in [5, 5.41) is 0. The Morgan fingerprint density at radius 2 is 1.71 bits per heavy atom. The van der Waals surface area contributed by atoms with Gasteiger partial charge in [-0.05, 0) is 23.5 Å². The molecule has 0 spiro atoms. The van der Waals surface area contributed by atoms with Crippen LogP contribution in [0.2, 0.25) is 0 Å². The lowest BCUT2D eigenvalue weighted by molar-refractivity contribution is 0.754. The molecule has 0 aliphatic heterocycles. The number of fused-ring (bicyclic) bond motifs is 1. The van der Waals surface area contributed by atoms with Crippen molar-refractivity contribution in [1.29, 1.82) is 0 Å². The van der Waals surface area contributed by atoms with Crippen molar-refractivity contribution in [3.63, 3.8) is 0 Å². The Hall–Kier alpha value is -1.04. The second-order valence-electron chi connectivity index (χ2n) is 3.75. The second kappa shape index (κ2) is 4.99. The van der Waals surface area contributed by atoms with Crippen LogP contribution in [0.15, 0.2) is 29.8 Å². The molecule has 1 aliphatic rings. The van der Waals surface area contributed by atoms with E-state index in [0.717, 1.165) is 6.42 Å². The van der Waals surface area contributed by atoms with Gasteiger partial charge in [-0.15, -0.1) is 0 Å². The van der Waals surface area contributed by atoms with Gasteiger partial charge >= 0.3 is 0 Å². The highest BCUT2D eigenvalue weighted by Gasteiger charge is 2.13. The van der Waals surface area contributed by atoms with Gasteiger partial charge in [-0.3, -0.25) is 0 Å². The van der Waals surface area contributed by atoms with Crippen LogP contribution in [-0.2, 0) is 6.42 Å². The smallest absolute Gasteiger partial charge is 0.00553 e. The molecule has 0 heterocycles. The summed E-state index contributed by atoms with van der Waals surface area (Å²) in [5.74, 6) is 0.692. The quantitative estimate of drug-likeness (QED) is 0.616. The zero-order valence-corrected chi connectivity index (χ0v) is 9.67. The Morgan fingerprint density at radius 3 is 2.29 bits per heavy atom. The monoisotopic (exact) mass is 188 g/mol. The standard InChI is InChI=1S/C12H14.C2H6/c1-9(2)12-7-10-5-3-4-6-11(10)8-12;1-2/h3-7,9H,8H2,1-2H3;1-2H3. The molecule has 76 valence electrons. The third-order valence-corrected chi connectivity index (χ3v) is 2.53. The maximum Gasteiger partial charge on any atom is -0.00553 e. The minimum atomic E-state index is 0.692. The molecule has 1 aliphatic carbocycles. The highest BCUT2D eigenvalue weighted by molar-refractivity contribution is 5.63. The highest BCUT2D eigenvalue weighted by Crippen LogP contribution is 2.28. The lowest BCUT2D eigenvalue weighted by Crippen LogP contribution is -1.92. The van der Waals surface area contributed by atoms with E-state index in [9.17, 15) is 0 Å². The summed E-state index contributed by atoms with van der Waals surface area (Å²) >= 11 is 0. The first-order valence-corrected chi connectivity index (χ1v) is 5.56. The molecule has 1 aromatic rings. The SMILES string of the molecule is CC.CC(C)C1=Cc2ccccc2C1. The lowest BCUT2D eigenvalue weighted by Gasteiger charge is -2.04. The summed E-state index contributed by atoms with van der Waals surface area (Å²) < 4.78 is 0. The number of hydrogen-bond acceptors (Lipinski definition) is 0. The van der Waals surface area contributed by atoms with Crippen LogP contribution in [0.25, 0.3) is 6.08 Å². The van der Waals surface area contributed by atoms with Crippen LogP contribution in [0.4, 0.5) is 0 Å². The molecule has 0 saturated carbocycles. The minimum Gasteiger partial charge on any atom is -0.0683 e. The average Bonchev–Trinajstić information content (AvgIpc) is 2.64. The van der Waals surface area contributed by atoms with E-state index >= 15 is 0 Å². The molecule has 0 unspecified atom stereocenters. The molecular weight excluding hydrogens is 168 g/mol. The van der Waals surface area contributed by atoms with E-state index in [1.807, 2.05) is 13.8 Å². The number of allylic oxidation sites excluding steroid dienone is 1. The second-order valence-corrected chi connectivity index (χ2v) is 3.75. The zero-order valence-electron chi connectivity index (χ0n) is 9.67. The van der Waals surface area contributed by atoms with Crippen LogP contribution in [0.1, 0.15) is 38.8 Å². The van der Waals surface area contributed by atoms with Crippen molar-refractivity contribution in [3.05, 3.63) is 41.0 Å². The average molecular weight is 188 g/mol. The van der Waals surface area contributed by atoms with Crippen LogP contribution in [0, 0.1) is 5.92 Å². The van der Waals surface area contributed by atoms with Gasteiger partial charge in [0.2, 0.25) is 0 Å². The van der Waals surface area contributed by atoms with Crippen LogP contribution >= 0.6 is 0 Å². The molecule has 0 radical (unpaired) electrons.